The number of carbonyl (C=O) groups excluding carboxylic acids is 1. The molecule has 1 amide bonds. The van der Waals surface area contributed by atoms with Crippen molar-refractivity contribution in [1.29, 1.82) is 0 Å². The molecule has 21 heavy (non-hydrogen) atoms. The van der Waals surface area contributed by atoms with Gasteiger partial charge in [-0.3, -0.25) is 4.79 Å². The van der Waals surface area contributed by atoms with Crippen LogP contribution in [0.15, 0.2) is 24.3 Å². The Kier molecular flexibility index (Phi) is 8.42. The number of para-hydroxylation sites is 1. The minimum Gasteiger partial charge on any atom is -0.394 e. The molecule has 0 saturated heterocycles. The highest BCUT2D eigenvalue weighted by molar-refractivity contribution is 5.99. The Morgan fingerprint density at radius 2 is 2.14 bits per heavy atom. The maximum Gasteiger partial charge on any atom is 0.253 e. The maximum absolute atomic E-state index is 12.1. The number of hydrogen-bond acceptors (Lipinski definition) is 5. The average molecular weight is 296 g/mol. The Hall–Kier alpha value is -1.63. The molecule has 1 rings (SSSR count). The van der Waals surface area contributed by atoms with Gasteiger partial charge in [-0.25, -0.2) is 0 Å². The number of ether oxygens (including phenoxy) is 1. The van der Waals surface area contributed by atoms with Crippen LogP contribution in [0.1, 0.15) is 23.7 Å². The highest BCUT2D eigenvalue weighted by Crippen LogP contribution is 2.14. The molecule has 1 unspecified atom stereocenters. The Balaban J connectivity index is 2.50. The van der Waals surface area contributed by atoms with E-state index in [0.717, 1.165) is 6.42 Å². The van der Waals surface area contributed by atoms with Gasteiger partial charge in [0.05, 0.1) is 18.3 Å². The van der Waals surface area contributed by atoms with Crippen LogP contribution in [0.3, 0.4) is 0 Å². The molecule has 0 bridgehead atoms. The van der Waals surface area contributed by atoms with E-state index in [1.807, 2.05) is 6.92 Å². The maximum atomic E-state index is 12.1. The van der Waals surface area contributed by atoms with Gasteiger partial charge in [0.2, 0.25) is 0 Å². The molecule has 0 aromatic heterocycles. The molecule has 1 atom stereocenters. The van der Waals surface area contributed by atoms with Crippen LogP contribution in [0, 0.1) is 0 Å². The van der Waals surface area contributed by atoms with Crippen LogP contribution >= 0.6 is 0 Å². The van der Waals surface area contributed by atoms with Crippen molar-refractivity contribution in [1.82, 2.24) is 5.32 Å². The van der Waals surface area contributed by atoms with E-state index >= 15 is 0 Å². The third kappa shape index (κ3) is 6.57. The van der Waals surface area contributed by atoms with Crippen molar-refractivity contribution in [2.24, 2.45) is 0 Å². The molecule has 4 N–H and O–H groups in total. The van der Waals surface area contributed by atoms with Crippen molar-refractivity contribution in [3.05, 3.63) is 29.8 Å². The van der Waals surface area contributed by atoms with Gasteiger partial charge in [-0.15, -0.1) is 0 Å². The molecule has 0 fully saturated rings. The Morgan fingerprint density at radius 1 is 1.38 bits per heavy atom. The van der Waals surface area contributed by atoms with Gasteiger partial charge in [-0.2, -0.15) is 0 Å². The molecule has 1 aromatic rings. The first kappa shape index (κ1) is 17.4. The number of hydrogen-bond donors (Lipinski definition) is 4. The van der Waals surface area contributed by atoms with Crippen LogP contribution in [-0.2, 0) is 4.74 Å². The molecule has 0 aliphatic carbocycles. The highest BCUT2D eigenvalue weighted by atomic mass is 16.5. The molecule has 118 valence electrons. The first-order valence-electron chi connectivity index (χ1n) is 7.16. The summed E-state index contributed by atoms with van der Waals surface area (Å²) < 4.78 is 5.21. The summed E-state index contributed by atoms with van der Waals surface area (Å²) >= 11 is 0. The summed E-state index contributed by atoms with van der Waals surface area (Å²) in [5, 5.41) is 23.9. The lowest BCUT2D eigenvalue weighted by Gasteiger charge is -2.14. The van der Waals surface area contributed by atoms with Crippen LogP contribution in [0.25, 0.3) is 0 Å². The van der Waals surface area contributed by atoms with Gasteiger partial charge in [-0.1, -0.05) is 12.1 Å². The molecular formula is C15H24N2O4. The predicted molar refractivity (Wildman–Crippen MR) is 81.5 cm³/mol. The summed E-state index contributed by atoms with van der Waals surface area (Å²) in [5.74, 6) is -0.173. The van der Waals surface area contributed by atoms with Gasteiger partial charge >= 0.3 is 0 Å². The van der Waals surface area contributed by atoms with Gasteiger partial charge in [0.15, 0.2) is 0 Å². The molecular weight excluding hydrogens is 272 g/mol. The fourth-order valence-corrected chi connectivity index (χ4v) is 1.74. The molecule has 0 saturated carbocycles. The first-order valence-corrected chi connectivity index (χ1v) is 7.16. The van der Waals surface area contributed by atoms with E-state index in [9.17, 15) is 9.90 Å². The largest absolute Gasteiger partial charge is 0.394 e. The number of amides is 1. The van der Waals surface area contributed by atoms with E-state index in [-0.39, 0.29) is 19.1 Å². The second-order valence-corrected chi connectivity index (χ2v) is 4.57. The summed E-state index contributed by atoms with van der Waals surface area (Å²) in [4.78, 5) is 12.1. The summed E-state index contributed by atoms with van der Waals surface area (Å²) in [5.41, 5.74) is 1.14. The van der Waals surface area contributed by atoms with Crippen molar-refractivity contribution in [3.8, 4) is 0 Å². The fourth-order valence-electron chi connectivity index (χ4n) is 1.74. The smallest absolute Gasteiger partial charge is 0.253 e. The zero-order valence-corrected chi connectivity index (χ0v) is 12.3. The topological polar surface area (TPSA) is 90.8 Å². The summed E-state index contributed by atoms with van der Waals surface area (Å²) in [6, 6.07) is 7.06. The molecule has 0 radical (unpaired) electrons. The molecule has 1 aromatic carbocycles. The van der Waals surface area contributed by atoms with Crippen LogP contribution in [-0.4, -0.2) is 55.1 Å². The molecule has 0 heterocycles. The lowest BCUT2D eigenvalue weighted by molar-refractivity contribution is 0.0944. The zero-order valence-electron chi connectivity index (χ0n) is 12.3. The summed E-state index contributed by atoms with van der Waals surface area (Å²) in [6.07, 6.45) is -0.0920. The number of benzene rings is 1. The monoisotopic (exact) mass is 296 g/mol. The number of rotatable bonds is 10. The van der Waals surface area contributed by atoms with E-state index in [2.05, 4.69) is 10.6 Å². The number of aliphatic hydroxyl groups excluding tert-OH is 2. The third-order valence-corrected chi connectivity index (χ3v) is 2.87. The summed E-state index contributed by atoms with van der Waals surface area (Å²) in [7, 11) is 0. The SMILES string of the molecule is CCOCCCNC(=O)c1ccccc1NCC(O)CO. The van der Waals surface area contributed by atoms with Crippen molar-refractivity contribution in [2.75, 3.05) is 38.2 Å². The van der Waals surface area contributed by atoms with E-state index in [4.69, 9.17) is 9.84 Å². The lowest BCUT2D eigenvalue weighted by atomic mass is 10.1. The fraction of sp³-hybridized carbons (Fsp3) is 0.533. The standard InChI is InChI=1S/C15H24N2O4/c1-2-21-9-5-8-16-15(20)13-6-3-4-7-14(13)17-10-12(19)11-18/h3-4,6-7,12,17-19H,2,5,8-11H2,1H3,(H,16,20). The lowest BCUT2D eigenvalue weighted by Crippen LogP contribution is -2.28. The third-order valence-electron chi connectivity index (χ3n) is 2.87. The average Bonchev–Trinajstić information content (AvgIpc) is 2.52. The van der Waals surface area contributed by atoms with Gasteiger partial charge in [0.1, 0.15) is 0 Å². The van der Waals surface area contributed by atoms with Crippen molar-refractivity contribution in [3.63, 3.8) is 0 Å². The number of carbonyl (C=O) groups is 1. The van der Waals surface area contributed by atoms with Crippen molar-refractivity contribution < 1.29 is 19.7 Å². The molecule has 0 aliphatic heterocycles. The second kappa shape index (κ2) is 10.1. The van der Waals surface area contributed by atoms with E-state index < -0.39 is 6.10 Å². The van der Waals surface area contributed by atoms with Gasteiger partial charge in [0.25, 0.3) is 5.91 Å². The molecule has 6 nitrogen and oxygen atoms in total. The van der Waals surface area contributed by atoms with E-state index in [1.54, 1.807) is 24.3 Å². The predicted octanol–water partition coefficient (Wildman–Crippen LogP) is 0.608. The van der Waals surface area contributed by atoms with E-state index in [0.29, 0.717) is 31.0 Å². The number of aliphatic hydroxyl groups is 2. The van der Waals surface area contributed by atoms with Crippen molar-refractivity contribution >= 4 is 11.6 Å². The van der Waals surface area contributed by atoms with Crippen LogP contribution in [0.2, 0.25) is 0 Å². The first-order chi connectivity index (χ1) is 10.2. The molecule has 0 aliphatic rings. The minimum absolute atomic E-state index is 0.173. The second-order valence-electron chi connectivity index (χ2n) is 4.57. The van der Waals surface area contributed by atoms with Gasteiger partial charge in [-0.05, 0) is 25.5 Å². The number of nitrogens with one attached hydrogen (secondary N) is 2. The Bertz CT molecular complexity index is 426. The molecule has 6 heteroatoms. The van der Waals surface area contributed by atoms with Gasteiger partial charge < -0.3 is 25.6 Å². The van der Waals surface area contributed by atoms with Crippen LogP contribution < -0.4 is 10.6 Å². The molecule has 0 spiro atoms. The van der Waals surface area contributed by atoms with Crippen LogP contribution in [0.4, 0.5) is 5.69 Å². The highest BCUT2D eigenvalue weighted by Gasteiger charge is 2.11. The van der Waals surface area contributed by atoms with Gasteiger partial charge in [0, 0.05) is 32.0 Å². The number of anilines is 1. The normalized spacial score (nSPS) is 12.0. The van der Waals surface area contributed by atoms with E-state index in [1.165, 1.54) is 0 Å². The minimum atomic E-state index is -0.854. The Labute approximate surface area is 125 Å². The quantitative estimate of drug-likeness (QED) is 0.475. The van der Waals surface area contributed by atoms with Crippen LogP contribution in [0.5, 0.6) is 0 Å². The summed E-state index contributed by atoms with van der Waals surface area (Å²) in [6.45, 7) is 3.64. The van der Waals surface area contributed by atoms with Crippen molar-refractivity contribution in [2.45, 2.75) is 19.4 Å². The Morgan fingerprint density at radius 3 is 2.86 bits per heavy atom. The zero-order chi connectivity index (χ0) is 15.5.